The van der Waals surface area contributed by atoms with Gasteiger partial charge in [0.15, 0.2) is 6.29 Å². The molecule has 198 valence electrons. The van der Waals surface area contributed by atoms with Crippen molar-refractivity contribution in [2.75, 3.05) is 20.3 Å². The van der Waals surface area contributed by atoms with Crippen molar-refractivity contribution in [1.29, 1.82) is 0 Å². The number of hydrogen-bond acceptors (Lipinski definition) is 9. The normalized spacial score (nSPS) is 24.4. The van der Waals surface area contributed by atoms with Crippen LogP contribution >= 0.6 is 0 Å². The summed E-state index contributed by atoms with van der Waals surface area (Å²) in [5, 5.41) is 0. The van der Waals surface area contributed by atoms with Crippen LogP contribution in [0.2, 0.25) is 0 Å². The molecule has 0 aliphatic carbocycles. The van der Waals surface area contributed by atoms with Crippen LogP contribution in [0.3, 0.4) is 0 Å². The van der Waals surface area contributed by atoms with E-state index in [2.05, 4.69) is 0 Å². The van der Waals surface area contributed by atoms with E-state index in [0.717, 1.165) is 11.1 Å². The highest BCUT2D eigenvalue weighted by Crippen LogP contribution is 2.30. The Balaban J connectivity index is 1.83. The van der Waals surface area contributed by atoms with E-state index in [0.29, 0.717) is 6.61 Å². The Morgan fingerprint density at radius 2 is 1.42 bits per heavy atom. The lowest BCUT2D eigenvalue weighted by atomic mass is 9.98. The maximum absolute atomic E-state index is 12.4. The van der Waals surface area contributed by atoms with Crippen LogP contribution in [0.4, 0.5) is 0 Å². The van der Waals surface area contributed by atoms with Gasteiger partial charge in [-0.25, -0.2) is 10.7 Å². The van der Waals surface area contributed by atoms with Crippen LogP contribution in [0.1, 0.15) is 31.9 Å². The number of carbonyl (C=O) groups is 1. The van der Waals surface area contributed by atoms with Crippen molar-refractivity contribution in [3.05, 3.63) is 71.8 Å². The molecule has 0 saturated carbocycles. The minimum Gasteiger partial charge on any atom is -0.458 e. The summed E-state index contributed by atoms with van der Waals surface area (Å²) in [5.74, 6) is 4.90. The van der Waals surface area contributed by atoms with Crippen molar-refractivity contribution >= 4 is 5.97 Å². The first-order chi connectivity index (χ1) is 17.3. The molecule has 0 aromatic heterocycles. The SMILES string of the molecule is CO[C@H]1O[C@H](CON)[C@@H](OCc2ccccc2)[C@H](OCc2ccccc2)[C@H]1OCC(=O)OC(C)(C)C. The average molecular weight is 504 g/mol. The number of carbonyl (C=O) groups excluding carboxylic acids is 1. The Labute approximate surface area is 212 Å². The molecule has 1 heterocycles. The molecule has 0 bridgehead atoms. The van der Waals surface area contributed by atoms with Gasteiger partial charge in [-0.3, -0.25) is 0 Å². The number of esters is 1. The summed E-state index contributed by atoms with van der Waals surface area (Å²) in [7, 11) is 1.49. The molecule has 2 aromatic rings. The van der Waals surface area contributed by atoms with Crippen molar-refractivity contribution in [3.8, 4) is 0 Å². The molecule has 0 amide bonds. The lowest BCUT2D eigenvalue weighted by Crippen LogP contribution is -2.62. The predicted octanol–water partition coefficient (Wildman–Crippen LogP) is 3.15. The van der Waals surface area contributed by atoms with Gasteiger partial charge in [0.05, 0.1) is 19.8 Å². The number of benzene rings is 2. The predicted molar refractivity (Wildman–Crippen MR) is 131 cm³/mol. The van der Waals surface area contributed by atoms with Gasteiger partial charge in [0, 0.05) is 7.11 Å². The molecular weight excluding hydrogens is 466 g/mol. The summed E-state index contributed by atoms with van der Waals surface area (Å²) < 4.78 is 35.7. The third kappa shape index (κ3) is 8.63. The average Bonchev–Trinajstić information content (AvgIpc) is 2.86. The molecule has 5 atom stereocenters. The molecule has 1 aliphatic heterocycles. The van der Waals surface area contributed by atoms with E-state index in [-0.39, 0.29) is 19.8 Å². The largest absolute Gasteiger partial charge is 0.458 e. The fourth-order valence-electron chi connectivity index (χ4n) is 3.93. The topological polar surface area (TPSA) is 108 Å². The summed E-state index contributed by atoms with van der Waals surface area (Å²) in [6.45, 7) is 5.71. The van der Waals surface area contributed by atoms with Crippen LogP contribution in [-0.2, 0) is 51.3 Å². The molecule has 2 aromatic carbocycles. The highest BCUT2D eigenvalue weighted by atomic mass is 16.7. The highest BCUT2D eigenvalue weighted by Gasteiger charge is 2.49. The van der Waals surface area contributed by atoms with Crippen LogP contribution in [0, 0.1) is 0 Å². The molecule has 3 rings (SSSR count). The van der Waals surface area contributed by atoms with Gasteiger partial charge in [-0.15, -0.1) is 0 Å². The summed E-state index contributed by atoms with van der Waals surface area (Å²) >= 11 is 0. The molecule has 1 aliphatic rings. The maximum atomic E-state index is 12.4. The molecule has 36 heavy (non-hydrogen) atoms. The summed E-state index contributed by atoms with van der Waals surface area (Å²) in [6, 6.07) is 19.5. The van der Waals surface area contributed by atoms with E-state index >= 15 is 0 Å². The zero-order chi connectivity index (χ0) is 26.0. The number of hydrogen-bond donors (Lipinski definition) is 1. The quantitative estimate of drug-likeness (QED) is 0.345. The minimum atomic E-state index is -0.857. The van der Waals surface area contributed by atoms with Crippen LogP contribution in [0.25, 0.3) is 0 Å². The Hall–Kier alpha value is -2.37. The van der Waals surface area contributed by atoms with Crippen LogP contribution in [0.15, 0.2) is 60.7 Å². The van der Waals surface area contributed by atoms with Gasteiger partial charge in [0.1, 0.15) is 36.6 Å². The van der Waals surface area contributed by atoms with Crippen molar-refractivity contribution in [1.82, 2.24) is 0 Å². The highest BCUT2D eigenvalue weighted by molar-refractivity contribution is 5.71. The second-order valence-electron chi connectivity index (χ2n) is 9.50. The van der Waals surface area contributed by atoms with E-state index < -0.39 is 42.3 Å². The molecule has 1 fully saturated rings. The summed E-state index contributed by atoms with van der Waals surface area (Å²) in [4.78, 5) is 17.3. The number of methoxy groups -OCH3 is 1. The number of rotatable bonds is 12. The van der Waals surface area contributed by atoms with E-state index in [1.807, 2.05) is 60.7 Å². The number of ether oxygens (including phenoxy) is 6. The maximum Gasteiger partial charge on any atom is 0.332 e. The van der Waals surface area contributed by atoms with Crippen LogP contribution in [0.5, 0.6) is 0 Å². The Morgan fingerprint density at radius 3 is 1.92 bits per heavy atom. The summed E-state index contributed by atoms with van der Waals surface area (Å²) in [6.07, 6.45) is -3.56. The third-order valence-corrected chi connectivity index (χ3v) is 5.47. The Bertz CT molecular complexity index is 905. The smallest absolute Gasteiger partial charge is 0.332 e. The molecule has 9 nitrogen and oxygen atoms in total. The zero-order valence-corrected chi connectivity index (χ0v) is 21.3. The first kappa shape index (κ1) is 28.2. The minimum absolute atomic E-state index is 0.0449. The fraction of sp³-hybridized carbons (Fsp3) is 0.519. The Morgan fingerprint density at radius 1 is 0.861 bits per heavy atom. The van der Waals surface area contributed by atoms with E-state index in [1.54, 1.807) is 20.8 Å². The van der Waals surface area contributed by atoms with E-state index in [1.165, 1.54) is 7.11 Å². The van der Waals surface area contributed by atoms with Crippen LogP contribution < -0.4 is 5.90 Å². The van der Waals surface area contributed by atoms with Crippen molar-refractivity contribution in [3.63, 3.8) is 0 Å². The van der Waals surface area contributed by atoms with Gasteiger partial charge >= 0.3 is 5.97 Å². The van der Waals surface area contributed by atoms with Gasteiger partial charge in [-0.1, -0.05) is 60.7 Å². The fourth-order valence-corrected chi connectivity index (χ4v) is 3.93. The molecule has 0 radical (unpaired) electrons. The summed E-state index contributed by atoms with van der Waals surface area (Å²) in [5.41, 5.74) is 1.31. The third-order valence-electron chi connectivity index (χ3n) is 5.47. The standard InChI is InChI=1S/C27H37NO8/c1-27(2,3)36-22(29)18-33-25-24(32-16-20-13-9-6-10-14-20)23(21(17-34-28)35-26(25)30-4)31-15-19-11-7-5-8-12-19/h5-14,21,23-26H,15-18,28H2,1-4H3/t21-,23-,24+,25-,26+/m1/s1. The molecule has 2 N–H and O–H groups in total. The van der Waals surface area contributed by atoms with Crippen molar-refractivity contribution in [2.45, 2.75) is 70.3 Å². The monoisotopic (exact) mass is 503 g/mol. The molecule has 0 spiro atoms. The van der Waals surface area contributed by atoms with Gasteiger partial charge in [0.2, 0.25) is 0 Å². The number of nitrogens with two attached hydrogens (primary N) is 1. The van der Waals surface area contributed by atoms with E-state index in [4.69, 9.17) is 39.2 Å². The lowest BCUT2D eigenvalue weighted by Gasteiger charge is -2.45. The second-order valence-corrected chi connectivity index (χ2v) is 9.50. The van der Waals surface area contributed by atoms with E-state index in [9.17, 15) is 4.79 Å². The molecular formula is C27H37NO8. The van der Waals surface area contributed by atoms with Gasteiger partial charge in [-0.2, -0.15) is 0 Å². The zero-order valence-electron chi connectivity index (χ0n) is 21.3. The first-order valence-corrected chi connectivity index (χ1v) is 11.9. The Kier molecular flexibility index (Phi) is 10.8. The van der Waals surface area contributed by atoms with Crippen molar-refractivity contribution < 1.29 is 38.1 Å². The van der Waals surface area contributed by atoms with Gasteiger partial charge in [0.25, 0.3) is 0 Å². The molecule has 1 saturated heterocycles. The van der Waals surface area contributed by atoms with Crippen molar-refractivity contribution in [2.24, 2.45) is 5.90 Å². The molecule has 9 heteroatoms. The van der Waals surface area contributed by atoms with Gasteiger partial charge < -0.3 is 33.3 Å². The second kappa shape index (κ2) is 13.8. The van der Waals surface area contributed by atoms with Crippen LogP contribution in [-0.4, -0.2) is 62.6 Å². The first-order valence-electron chi connectivity index (χ1n) is 11.9. The lowest BCUT2D eigenvalue weighted by molar-refractivity contribution is -0.321. The molecule has 0 unspecified atom stereocenters. The van der Waals surface area contributed by atoms with Gasteiger partial charge in [-0.05, 0) is 31.9 Å².